The monoisotopic (exact) mass is 280 g/mol. The maximum Gasteiger partial charge on any atom is 0.176 e. The minimum atomic E-state index is 0.754. The highest BCUT2D eigenvalue weighted by Gasteiger charge is 2.20. The van der Waals surface area contributed by atoms with Crippen LogP contribution in [0.3, 0.4) is 0 Å². The molecular formula is C12H13BrN2O. The molecule has 4 heteroatoms. The molecule has 84 valence electrons. The van der Waals surface area contributed by atoms with Crippen molar-refractivity contribution in [3.05, 3.63) is 28.7 Å². The highest BCUT2D eigenvalue weighted by molar-refractivity contribution is 9.10. The molecule has 3 heterocycles. The third kappa shape index (κ3) is 1.61. The summed E-state index contributed by atoms with van der Waals surface area (Å²) in [6, 6.07) is 3.86. The minimum absolute atomic E-state index is 0.754. The summed E-state index contributed by atoms with van der Waals surface area (Å²) in [5.74, 6) is 2.56. The van der Waals surface area contributed by atoms with Gasteiger partial charge in [-0.1, -0.05) is 6.92 Å². The molecule has 0 bridgehead atoms. The Kier molecular flexibility index (Phi) is 2.39. The van der Waals surface area contributed by atoms with Crippen LogP contribution in [0.5, 0.6) is 0 Å². The molecule has 2 aromatic heterocycles. The molecule has 1 aliphatic heterocycles. The van der Waals surface area contributed by atoms with Crippen molar-refractivity contribution in [2.45, 2.75) is 26.3 Å². The number of fused-ring (bicyclic) bond motifs is 1. The highest BCUT2D eigenvalue weighted by atomic mass is 79.9. The fraction of sp³-hybridized carbons (Fsp3) is 0.417. The molecular weight excluding hydrogens is 268 g/mol. The van der Waals surface area contributed by atoms with Crippen LogP contribution in [0, 0.1) is 5.92 Å². The van der Waals surface area contributed by atoms with E-state index in [1.54, 1.807) is 0 Å². The molecule has 0 aliphatic carbocycles. The highest BCUT2D eigenvalue weighted by Crippen LogP contribution is 2.29. The molecule has 16 heavy (non-hydrogen) atoms. The molecule has 0 fully saturated rings. The van der Waals surface area contributed by atoms with Gasteiger partial charge in [0.1, 0.15) is 0 Å². The summed E-state index contributed by atoms with van der Waals surface area (Å²) >= 11 is 3.32. The molecule has 0 radical (unpaired) electrons. The van der Waals surface area contributed by atoms with Gasteiger partial charge in [0.25, 0.3) is 0 Å². The number of hydrogen-bond donors (Lipinski definition) is 0. The number of halogens is 1. The van der Waals surface area contributed by atoms with Crippen LogP contribution in [0.2, 0.25) is 0 Å². The largest absolute Gasteiger partial charge is 0.446 e. The van der Waals surface area contributed by atoms with Crippen molar-refractivity contribution in [1.29, 1.82) is 0 Å². The van der Waals surface area contributed by atoms with Gasteiger partial charge in [-0.3, -0.25) is 0 Å². The van der Waals surface area contributed by atoms with Gasteiger partial charge in [0.2, 0.25) is 0 Å². The van der Waals surface area contributed by atoms with Gasteiger partial charge in [-0.15, -0.1) is 0 Å². The minimum Gasteiger partial charge on any atom is -0.446 e. The molecule has 2 aromatic rings. The summed E-state index contributed by atoms with van der Waals surface area (Å²) in [6.45, 7) is 3.34. The van der Waals surface area contributed by atoms with Gasteiger partial charge in [-0.05, 0) is 46.8 Å². The van der Waals surface area contributed by atoms with Crippen molar-refractivity contribution in [2.75, 3.05) is 0 Å². The topological polar surface area (TPSA) is 31.0 Å². The molecule has 1 aliphatic rings. The molecule has 0 amide bonds. The zero-order valence-corrected chi connectivity index (χ0v) is 10.7. The Balaban J connectivity index is 2.03. The van der Waals surface area contributed by atoms with Gasteiger partial charge < -0.3 is 8.98 Å². The lowest BCUT2D eigenvalue weighted by Crippen LogP contribution is -2.17. The van der Waals surface area contributed by atoms with E-state index >= 15 is 0 Å². The molecule has 1 unspecified atom stereocenters. The second-order valence-electron chi connectivity index (χ2n) is 4.43. The normalized spacial score (nSPS) is 19.8. The van der Waals surface area contributed by atoms with Crippen molar-refractivity contribution in [3.63, 3.8) is 0 Å². The van der Waals surface area contributed by atoms with Crippen molar-refractivity contribution >= 4 is 15.9 Å². The van der Waals surface area contributed by atoms with Crippen LogP contribution in [0.15, 0.2) is 27.4 Å². The Morgan fingerprint density at radius 3 is 3.12 bits per heavy atom. The van der Waals surface area contributed by atoms with Crippen LogP contribution in [0.1, 0.15) is 19.0 Å². The average molecular weight is 281 g/mol. The summed E-state index contributed by atoms with van der Waals surface area (Å²) in [6.07, 6.45) is 4.31. The van der Waals surface area contributed by atoms with Crippen LogP contribution in [-0.2, 0) is 13.0 Å². The van der Waals surface area contributed by atoms with E-state index in [9.17, 15) is 0 Å². The Hall–Kier alpha value is -1.03. The SMILES string of the molecule is CC1CCn2c(cnc2-c2ccc(Br)o2)C1. The number of furan rings is 1. The third-order valence-corrected chi connectivity index (χ3v) is 3.56. The average Bonchev–Trinajstić information content (AvgIpc) is 2.83. The fourth-order valence-electron chi connectivity index (χ4n) is 2.26. The standard InChI is InChI=1S/C12H13BrN2O/c1-8-4-5-15-9(6-8)7-14-12(15)10-2-3-11(13)16-10/h2-3,7-8H,4-6H2,1H3. The van der Waals surface area contributed by atoms with E-state index in [0.717, 1.165) is 35.1 Å². The Morgan fingerprint density at radius 2 is 2.38 bits per heavy atom. The van der Waals surface area contributed by atoms with Crippen molar-refractivity contribution in [3.8, 4) is 11.6 Å². The second kappa shape index (κ2) is 3.77. The lowest BCUT2D eigenvalue weighted by atomic mass is 9.99. The predicted molar refractivity (Wildman–Crippen MR) is 65.1 cm³/mol. The van der Waals surface area contributed by atoms with E-state index in [2.05, 4.69) is 32.4 Å². The molecule has 1 atom stereocenters. The van der Waals surface area contributed by atoms with Gasteiger partial charge in [-0.2, -0.15) is 0 Å². The van der Waals surface area contributed by atoms with Crippen molar-refractivity contribution < 1.29 is 4.42 Å². The lowest BCUT2D eigenvalue weighted by molar-refractivity contribution is 0.416. The summed E-state index contributed by atoms with van der Waals surface area (Å²) in [5, 5.41) is 0. The van der Waals surface area contributed by atoms with Gasteiger partial charge in [0.05, 0.1) is 0 Å². The lowest BCUT2D eigenvalue weighted by Gasteiger charge is -2.21. The fourth-order valence-corrected chi connectivity index (χ4v) is 2.57. The van der Waals surface area contributed by atoms with E-state index in [1.807, 2.05) is 18.3 Å². The first-order valence-electron chi connectivity index (χ1n) is 5.54. The zero-order chi connectivity index (χ0) is 11.1. The van der Waals surface area contributed by atoms with Gasteiger partial charge in [-0.25, -0.2) is 4.98 Å². The maximum atomic E-state index is 5.55. The van der Waals surface area contributed by atoms with Crippen LogP contribution < -0.4 is 0 Å². The van der Waals surface area contributed by atoms with Crippen molar-refractivity contribution in [2.24, 2.45) is 5.92 Å². The number of hydrogen-bond acceptors (Lipinski definition) is 2. The first-order valence-corrected chi connectivity index (χ1v) is 6.33. The first kappa shape index (κ1) is 10.1. The quantitative estimate of drug-likeness (QED) is 0.801. The van der Waals surface area contributed by atoms with Gasteiger partial charge in [0, 0.05) is 18.4 Å². The van der Waals surface area contributed by atoms with Crippen LogP contribution in [0.4, 0.5) is 0 Å². The number of imidazole rings is 1. The zero-order valence-electron chi connectivity index (χ0n) is 9.11. The van der Waals surface area contributed by atoms with Gasteiger partial charge >= 0.3 is 0 Å². The summed E-state index contributed by atoms with van der Waals surface area (Å²) in [7, 11) is 0. The van der Waals surface area contributed by atoms with Crippen molar-refractivity contribution in [1.82, 2.24) is 9.55 Å². The molecule has 0 saturated carbocycles. The van der Waals surface area contributed by atoms with Crippen LogP contribution in [-0.4, -0.2) is 9.55 Å². The number of nitrogens with zero attached hydrogens (tertiary/aromatic N) is 2. The molecule has 3 nitrogen and oxygen atoms in total. The number of aromatic nitrogens is 2. The van der Waals surface area contributed by atoms with Crippen LogP contribution in [0.25, 0.3) is 11.6 Å². The van der Waals surface area contributed by atoms with E-state index in [-0.39, 0.29) is 0 Å². The third-order valence-electron chi connectivity index (χ3n) is 3.13. The smallest absolute Gasteiger partial charge is 0.176 e. The van der Waals surface area contributed by atoms with E-state index < -0.39 is 0 Å². The Labute approximate surface area is 103 Å². The summed E-state index contributed by atoms with van der Waals surface area (Å²) in [4.78, 5) is 4.46. The van der Waals surface area contributed by atoms with Gasteiger partial charge in [0.15, 0.2) is 16.3 Å². The molecule has 0 spiro atoms. The van der Waals surface area contributed by atoms with Crippen LogP contribution >= 0.6 is 15.9 Å². The summed E-state index contributed by atoms with van der Waals surface area (Å²) in [5.41, 5.74) is 1.32. The second-order valence-corrected chi connectivity index (χ2v) is 5.21. The Morgan fingerprint density at radius 1 is 1.50 bits per heavy atom. The molecule has 0 aromatic carbocycles. The Bertz CT molecular complexity index is 515. The van der Waals surface area contributed by atoms with E-state index in [4.69, 9.17) is 4.42 Å². The van der Waals surface area contributed by atoms with E-state index in [0.29, 0.717) is 0 Å². The maximum absolute atomic E-state index is 5.55. The van der Waals surface area contributed by atoms with E-state index in [1.165, 1.54) is 12.1 Å². The molecule has 0 saturated heterocycles. The molecule has 0 N–H and O–H groups in total. The predicted octanol–water partition coefficient (Wildman–Crippen LogP) is 3.49. The summed E-state index contributed by atoms with van der Waals surface area (Å²) < 4.78 is 8.58. The first-order chi connectivity index (χ1) is 7.74. The molecule has 3 rings (SSSR count). The number of rotatable bonds is 1.